The summed E-state index contributed by atoms with van der Waals surface area (Å²) in [7, 11) is 0. The van der Waals surface area contributed by atoms with Gasteiger partial charge in [0, 0.05) is 12.8 Å². The van der Waals surface area contributed by atoms with Gasteiger partial charge < -0.3 is 14.2 Å². The molecule has 1 atom stereocenters. The molecule has 0 aliphatic heterocycles. The molecule has 66 heavy (non-hydrogen) atoms. The van der Waals surface area contributed by atoms with Crippen LogP contribution in [0.1, 0.15) is 220 Å². The molecular weight excluding hydrogens is 817 g/mol. The van der Waals surface area contributed by atoms with Crippen LogP contribution >= 0.6 is 0 Å². The summed E-state index contributed by atoms with van der Waals surface area (Å²) in [6, 6.07) is 0. The van der Waals surface area contributed by atoms with Gasteiger partial charge in [0.2, 0.25) is 0 Å². The van der Waals surface area contributed by atoms with Crippen LogP contribution in [0.4, 0.5) is 0 Å². The van der Waals surface area contributed by atoms with E-state index < -0.39 is 12.1 Å². The van der Waals surface area contributed by atoms with Crippen molar-refractivity contribution in [1.82, 2.24) is 0 Å². The molecule has 0 saturated heterocycles. The topological polar surface area (TPSA) is 78.9 Å². The van der Waals surface area contributed by atoms with Gasteiger partial charge in [0.05, 0.1) is 6.42 Å². The first kappa shape index (κ1) is 61.8. The van der Waals surface area contributed by atoms with Gasteiger partial charge in [-0.2, -0.15) is 0 Å². The molecule has 0 fully saturated rings. The third-order valence-electron chi connectivity index (χ3n) is 10.7. The molecule has 6 heteroatoms. The van der Waals surface area contributed by atoms with Crippen LogP contribution in [0.25, 0.3) is 0 Å². The minimum atomic E-state index is -0.839. The fourth-order valence-electron chi connectivity index (χ4n) is 6.80. The molecule has 0 saturated carbocycles. The highest BCUT2D eigenvalue weighted by Gasteiger charge is 2.19. The summed E-state index contributed by atoms with van der Waals surface area (Å²) >= 11 is 0. The Morgan fingerprint density at radius 1 is 0.333 bits per heavy atom. The maximum absolute atomic E-state index is 12.7. The molecule has 0 aromatic heterocycles. The van der Waals surface area contributed by atoms with Crippen LogP contribution in [0.15, 0.2) is 122 Å². The van der Waals surface area contributed by atoms with Crippen LogP contribution in [0.2, 0.25) is 0 Å². The van der Waals surface area contributed by atoms with Gasteiger partial charge in [0.1, 0.15) is 13.2 Å². The first-order chi connectivity index (χ1) is 32.5. The van der Waals surface area contributed by atoms with Crippen molar-refractivity contribution in [2.45, 2.75) is 226 Å². The van der Waals surface area contributed by atoms with Crippen molar-refractivity contribution < 1.29 is 28.6 Å². The van der Waals surface area contributed by atoms with Gasteiger partial charge in [-0.1, -0.05) is 219 Å². The summed E-state index contributed by atoms with van der Waals surface area (Å²) in [4.78, 5) is 37.9. The fraction of sp³-hybridized carbons (Fsp3) is 0.617. The van der Waals surface area contributed by atoms with Crippen molar-refractivity contribution in [1.29, 1.82) is 0 Å². The Labute approximate surface area is 405 Å². The van der Waals surface area contributed by atoms with E-state index in [9.17, 15) is 14.4 Å². The normalized spacial score (nSPS) is 13.1. The van der Waals surface area contributed by atoms with Crippen LogP contribution in [-0.4, -0.2) is 37.2 Å². The van der Waals surface area contributed by atoms with E-state index in [1.165, 1.54) is 64.2 Å². The number of allylic oxidation sites excluding steroid dienone is 19. The molecule has 0 bridgehead atoms. The van der Waals surface area contributed by atoms with E-state index in [0.29, 0.717) is 19.3 Å². The van der Waals surface area contributed by atoms with Crippen molar-refractivity contribution in [2.24, 2.45) is 0 Å². The second-order valence-corrected chi connectivity index (χ2v) is 17.0. The Bertz CT molecular complexity index is 1420. The van der Waals surface area contributed by atoms with Crippen molar-refractivity contribution in [2.75, 3.05) is 13.2 Å². The number of carbonyl (C=O) groups is 3. The van der Waals surface area contributed by atoms with Gasteiger partial charge in [0.25, 0.3) is 0 Å². The second-order valence-electron chi connectivity index (χ2n) is 17.0. The summed E-state index contributed by atoms with van der Waals surface area (Å²) in [5, 5.41) is 0. The number of hydrogen-bond donors (Lipinski definition) is 0. The van der Waals surface area contributed by atoms with Gasteiger partial charge in [-0.05, 0) is 103 Å². The van der Waals surface area contributed by atoms with Crippen LogP contribution in [0.5, 0.6) is 0 Å². The smallest absolute Gasteiger partial charge is 0.310 e. The van der Waals surface area contributed by atoms with E-state index in [-0.39, 0.29) is 31.6 Å². The Balaban J connectivity index is 4.40. The van der Waals surface area contributed by atoms with Gasteiger partial charge in [0.15, 0.2) is 6.10 Å². The Hall–Kier alpha value is -4.19. The second kappa shape index (κ2) is 53.4. The minimum absolute atomic E-state index is 0.0903. The van der Waals surface area contributed by atoms with Crippen LogP contribution in [0, 0.1) is 0 Å². The summed E-state index contributed by atoms with van der Waals surface area (Å²) in [6.45, 7) is 6.24. The van der Waals surface area contributed by atoms with Gasteiger partial charge in [-0.15, -0.1) is 0 Å². The van der Waals surface area contributed by atoms with Crippen molar-refractivity contribution in [3.05, 3.63) is 122 Å². The monoisotopic (exact) mass is 913 g/mol. The molecule has 0 radical (unpaired) electrons. The quantitative estimate of drug-likeness (QED) is 0.0262. The van der Waals surface area contributed by atoms with E-state index in [2.05, 4.69) is 130 Å². The van der Waals surface area contributed by atoms with Gasteiger partial charge in [-0.25, -0.2) is 0 Å². The molecule has 0 amide bonds. The van der Waals surface area contributed by atoms with Crippen LogP contribution in [-0.2, 0) is 28.6 Å². The van der Waals surface area contributed by atoms with Crippen LogP contribution in [0.3, 0.4) is 0 Å². The summed E-state index contributed by atoms with van der Waals surface area (Å²) in [6.07, 6.45) is 73.6. The average Bonchev–Trinajstić information content (AvgIpc) is 3.31. The molecular formula is C60H96O6. The lowest BCUT2D eigenvalue weighted by Crippen LogP contribution is -2.30. The summed E-state index contributed by atoms with van der Waals surface area (Å²) < 4.78 is 16.7. The maximum atomic E-state index is 12.7. The van der Waals surface area contributed by atoms with Crippen molar-refractivity contribution in [3.8, 4) is 0 Å². The zero-order valence-corrected chi connectivity index (χ0v) is 42.4. The molecule has 0 aromatic rings. The molecule has 0 N–H and O–H groups in total. The van der Waals surface area contributed by atoms with Crippen LogP contribution < -0.4 is 0 Å². The molecule has 6 nitrogen and oxygen atoms in total. The molecule has 0 aliphatic carbocycles. The van der Waals surface area contributed by atoms with E-state index >= 15 is 0 Å². The highest BCUT2D eigenvalue weighted by atomic mass is 16.6. The Kier molecular flexibility index (Phi) is 50.0. The molecule has 0 spiro atoms. The molecule has 0 aromatic carbocycles. The number of carbonyl (C=O) groups excluding carboxylic acids is 3. The zero-order valence-electron chi connectivity index (χ0n) is 42.4. The highest BCUT2D eigenvalue weighted by molar-refractivity contribution is 5.72. The highest BCUT2D eigenvalue weighted by Crippen LogP contribution is 2.14. The van der Waals surface area contributed by atoms with Crippen molar-refractivity contribution in [3.63, 3.8) is 0 Å². The summed E-state index contributed by atoms with van der Waals surface area (Å²) in [5.41, 5.74) is 0. The molecule has 372 valence electrons. The zero-order chi connectivity index (χ0) is 47.9. The fourth-order valence-corrected chi connectivity index (χ4v) is 6.80. The lowest BCUT2D eigenvalue weighted by molar-refractivity contribution is -0.166. The van der Waals surface area contributed by atoms with E-state index in [1.807, 2.05) is 6.08 Å². The number of ether oxygens (including phenoxy) is 3. The lowest BCUT2D eigenvalue weighted by Gasteiger charge is -2.18. The molecule has 0 rings (SSSR count). The Morgan fingerprint density at radius 2 is 0.636 bits per heavy atom. The maximum Gasteiger partial charge on any atom is 0.310 e. The number of esters is 3. The number of hydrogen-bond acceptors (Lipinski definition) is 6. The Morgan fingerprint density at radius 3 is 1.02 bits per heavy atom. The average molecular weight is 913 g/mol. The van der Waals surface area contributed by atoms with Gasteiger partial charge in [-0.3, -0.25) is 14.4 Å². The third kappa shape index (κ3) is 50.8. The summed E-state index contributed by atoms with van der Waals surface area (Å²) in [5.74, 6) is -1.08. The first-order valence-corrected chi connectivity index (χ1v) is 26.5. The van der Waals surface area contributed by atoms with E-state index in [0.717, 1.165) is 109 Å². The van der Waals surface area contributed by atoms with Gasteiger partial charge >= 0.3 is 17.9 Å². The minimum Gasteiger partial charge on any atom is -0.462 e. The molecule has 0 heterocycles. The SMILES string of the molecule is CC/C=C\C/C=C\C/C=C\C/C=C\C/C=C\CC(=O)OC(COC(=O)CCCCCCC/C=C\CCC)COC(=O)CCCCCCCCCCCC/C=C\C/C=C\C/C=C\C/C=C\CC. The molecule has 0 aliphatic rings. The number of rotatable bonds is 46. The first-order valence-electron chi connectivity index (χ1n) is 26.5. The predicted octanol–water partition coefficient (Wildman–Crippen LogP) is 17.7. The standard InChI is InChI=1S/C60H96O6/c1-4-7-10-13-16-19-22-24-26-27-28-29-30-31-32-33-35-36-38-41-44-47-50-53-59(62)65-56-57(55-64-58(61)52-49-46-43-40-21-18-15-12-9-6-3)66-60(63)54-51-48-45-42-39-37-34-25-23-20-17-14-11-8-5-2/h7-8,10-12,15-17,19-20,24-26,28-29,34,39,42,48,51,57H,4-6,9,13-14,18,21-23,27,30-33,35-38,40-41,43-47,49-50,52-56H2,1-3H3/b10-7-,11-8-,15-12-,19-16-,20-17-,26-24-,29-28-,34-25-,42-39-,51-48-. The van der Waals surface area contributed by atoms with E-state index in [4.69, 9.17) is 14.2 Å². The largest absolute Gasteiger partial charge is 0.462 e. The lowest BCUT2D eigenvalue weighted by atomic mass is 10.1. The molecule has 1 unspecified atom stereocenters. The van der Waals surface area contributed by atoms with Crippen molar-refractivity contribution >= 4 is 17.9 Å². The predicted molar refractivity (Wildman–Crippen MR) is 283 cm³/mol. The van der Waals surface area contributed by atoms with E-state index in [1.54, 1.807) is 6.08 Å². The third-order valence-corrected chi connectivity index (χ3v) is 10.7. The number of unbranched alkanes of at least 4 members (excludes halogenated alkanes) is 16.